The van der Waals surface area contributed by atoms with Gasteiger partial charge in [0.1, 0.15) is 11.1 Å². The number of carbonyl (C=O) groups excluding carboxylic acids is 1. The molecule has 0 heterocycles. The first-order chi connectivity index (χ1) is 9.72. The molecule has 1 atom stereocenters. The van der Waals surface area contributed by atoms with Crippen molar-refractivity contribution in [3.05, 3.63) is 35.4 Å². The summed E-state index contributed by atoms with van der Waals surface area (Å²) in [6.07, 6.45) is 0.568. The second kappa shape index (κ2) is 5.39. The van der Waals surface area contributed by atoms with E-state index in [-0.39, 0.29) is 6.42 Å². The van der Waals surface area contributed by atoms with Gasteiger partial charge in [0, 0.05) is 6.42 Å². The lowest BCUT2D eigenvalue weighted by molar-refractivity contribution is -0.145. The number of benzene rings is 1. The molecule has 5 nitrogen and oxygen atoms in total. The van der Waals surface area contributed by atoms with E-state index in [0.717, 1.165) is 11.1 Å². The first-order valence-corrected chi connectivity index (χ1v) is 7.03. The van der Waals surface area contributed by atoms with Crippen LogP contribution in [-0.4, -0.2) is 28.3 Å². The fourth-order valence-electron chi connectivity index (χ4n) is 2.58. The summed E-state index contributed by atoms with van der Waals surface area (Å²) in [5, 5.41) is 12.2. The number of ether oxygens (including phenoxy) is 1. The largest absolute Gasteiger partial charge is 0.479 e. The SMILES string of the molecule is CC(C)(C)OC(=O)N[C@@]1(C(=O)O)CCc2ccccc2C1. The van der Waals surface area contributed by atoms with Crippen LogP contribution in [0.1, 0.15) is 38.3 Å². The Morgan fingerprint density at radius 3 is 2.43 bits per heavy atom. The molecule has 1 aliphatic carbocycles. The third kappa shape index (κ3) is 3.54. The first kappa shape index (κ1) is 15.4. The Labute approximate surface area is 124 Å². The molecule has 1 aromatic carbocycles. The second-order valence-electron chi connectivity index (χ2n) is 6.46. The Hall–Kier alpha value is -2.04. The van der Waals surface area contributed by atoms with Crippen molar-refractivity contribution in [2.24, 2.45) is 0 Å². The number of aryl methyl sites for hydroxylation is 1. The maximum Gasteiger partial charge on any atom is 0.408 e. The van der Waals surface area contributed by atoms with E-state index in [1.54, 1.807) is 20.8 Å². The van der Waals surface area contributed by atoms with Crippen molar-refractivity contribution in [1.29, 1.82) is 0 Å². The van der Waals surface area contributed by atoms with Crippen molar-refractivity contribution in [2.45, 2.75) is 51.2 Å². The van der Waals surface area contributed by atoms with Crippen molar-refractivity contribution in [2.75, 3.05) is 0 Å². The van der Waals surface area contributed by atoms with Gasteiger partial charge < -0.3 is 15.2 Å². The molecule has 2 rings (SSSR count). The van der Waals surface area contributed by atoms with Crippen molar-refractivity contribution < 1.29 is 19.4 Å². The lowest BCUT2D eigenvalue weighted by atomic mass is 9.78. The molecule has 0 aliphatic heterocycles. The summed E-state index contributed by atoms with van der Waals surface area (Å²) in [4.78, 5) is 23.7. The van der Waals surface area contributed by atoms with Gasteiger partial charge in [0.25, 0.3) is 0 Å². The monoisotopic (exact) mass is 291 g/mol. The predicted octanol–water partition coefficient (Wildman–Crippen LogP) is 2.52. The average Bonchev–Trinajstić information content (AvgIpc) is 2.36. The quantitative estimate of drug-likeness (QED) is 0.878. The van der Waals surface area contributed by atoms with Crippen molar-refractivity contribution in [3.63, 3.8) is 0 Å². The van der Waals surface area contributed by atoms with E-state index in [9.17, 15) is 14.7 Å². The normalized spacial score (nSPS) is 21.3. The number of amides is 1. The van der Waals surface area contributed by atoms with Crippen LogP contribution in [0.2, 0.25) is 0 Å². The van der Waals surface area contributed by atoms with Gasteiger partial charge in [0.05, 0.1) is 0 Å². The van der Waals surface area contributed by atoms with E-state index >= 15 is 0 Å². The Kier molecular flexibility index (Phi) is 3.94. The summed E-state index contributed by atoms with van der Waals surface area (Å²) in [5.41, 5.74) is 0.148. The molecular formula is C16H21NO4. The van der Waals surface area contributed by atoms with Crippen molar-refractivity contribution >= 4 is 12.1 Å². The van der Waals surface area contributed by atoms with E-state index in [4.69, 9.17) is 4.74 Å². The third-order valence-electron chi connectivity index (χ3n) is 3.58. The maximum absolute atomic E-state index is 12.0. The summed E-state index contributed by atoms with van der Waals surface area (Å²) in [5.74, 6) is -1.03. The number of hydrogen-bond donors (Lipinski definition) is 2. The van der Waals surface area contributed by atoms with Crippen molar-refractivity contribution in [3.8, 4) is 0 Å². The number of carboxylic acids is 1. The van der Waals surface area contributed by atoms with Crippen LogP contribution in [-0.2, 0) is 22.4 Å². The first-order valence-electron chi connectivity index (χ1n) is 7.03. The summed E-state index contributed by atoms with van der Waals surface area (Å²) < 4.78 is 5.19. The molecule has 1 aromatic rings. The molecule has 5 heteroatoms. The molecule has 0 spiro atoms. The van der Waals surface area contributed by atoms with E-state index in [0.29, 0.717) is 12.8 Å². The average molecular weight is 291 g/mol. The zero-order chi connectivity index (χ0) is 15.7. The van der Waals surface area contributed by atoms with Crippen LogP contribution in [0.25, 0.3) is 0 Å². The maximum atomic E-state index is 12.0. The van der Waals surface area contributed by atoms with Gasteiger partial charge >= 0.3 is 12.1 Å². The standard InChI is InChI=1S/C16H21NO4/c1-15(2,3)21-14(20)17-16(13(18)19)9-8-11-6-4-5-7-12(11)10-16/h4-7H,8-10H2,1-3H3,(H,17,20)(H,18,19)/t16-/m0/s1. The molecule has 0 radical (unpaired) electrons. The Bertz CT molecular complexity index is 562. The smallest absolute Gasteiger partial charge is 0.408 e. The number of hydrogen-bond acceptors (Lipinski definition) is 3. The Morgan fingerprint density at radius 2 is 1.86 bits per heavy atom. The van der Waals surface area contributed by atoms with Gasteiger partial charge in [-0.3, -0.25) is 0 Å². The minimum absolute atomic E-state index is 0.276. The van der Waals surface area contributed by atoms with Gasteiger partial charge in [-0.1, -0.05) is 24.3 Å². The van der Waals surface area contributed by atoms with Crippen LogP contribution in [0.4, 0.5) is 4.79 Å². The van der Waals surface area contributed by atoms with Crippen LogP contribution in [0, 0.1) is 0 Å². The number of carboxylic acid groups (broad SMARTS) is 1. The van der Waals surface area contributed by atoms with Gasteiger partial charge in [-0.15, -0.1) is 0 Å². The number of rotatable bonds is 2. The molecule has 0 fully saturated rings. The zero-order valence-electron chi connectivity index (χ0n) is 12.6. The molecule has 21 heavy (non-hydrogen) atoms. The second-order valence-corrected chi connectivity index (χ2v) is 6.46. The summed E-state index contributed by atoms with van der Waals surface area (Å²) >= 11 is 0. The number of alkyl carbamates (subject to hydrolysis) is 1. The fraction of sp³-hybridized carbons (Fsp3) is 0.500. The summed E-state index contributed by atoms with van der Waals surface area (Å²) in [7, 11) is 0. The van der Waals surface area contributed by atoms with Crippen molar-refractivity contribution in [1.82, 2.24) is 5.32 Å². The van der Waals surface area contributed by atoms with Crippen LogP contribution in [0.3, 0.4) is 0 Å². The lowest BCUT2D eigenvalue weighted by Gasteiger charge is -2.35. The molecule has 1 amide bonds. The molecule has 0 bridgehead atoms. The van der Waals surface area contributed by atoms with Crippen LogP contribution in [0.15, 0.2) is 24.3 Å². The minimum atomic E-state index is -1.29. The molecular weight excluding hydrogens is 270 g/mol. The van der Waals surface area contributed by atoms with Gasteiger partial charge in [-0.2, -0.15) is 0 Å². The molecule has 0 unspecified atom stereocenters. The zero-order valence-corrected chi connectivity index (χ0v) is 12.6. The molecule has 2 N–H and O–H groups in total. The molecule has 1 aliphatic rings. The Morgan fingerprint density at radius 1 is 1.24 bits per heavy atom. The summed E-state index contributed by atoms with van der Waals surface area (Å²) in [6, 6.07) is 7.72. The highest BCUT2D eigenvalue weighted by Crippen LogP contribution is 2.29. The number of fused-ring (bicyclic) bond motifs is 1. The molecule has 0 aromatic heterocycles. The van der Waals surface area contributed by atoms with Gasteiger partial charge in [0.15, 0.2) is 0 Å². The van der Waals surface area contributed by atoms with Crippen LogP contribution >= 0.6 is 0 Å². The molecule has 0 saturated carbocycles. The van der Waals surface area contributed by atoms with Gasteiger partial charge in [-0.25, -0.2) is 9.59 Å². The fourth-order valence-corrected chi connectivity index (χ4v) is 2.58. The highest BCUT2D eigenvalue weighted by atomic mass is 16.6. The number of nitrogens with one attached hydrogen (secondary N) is 1. The van der Waals surface area contributed by atoms with E-state index in [2.05, 4.69) is 5.32 Å². The molecule has 114 valence electrons. The number of carbonyl (C=O) groups is 2. The van der Waals surface area contributed by atoms with E-state index in [1.807, 2.05) is 24.3 Å². The third-order valence-corrected chi connectivity index (χ3v) is 3.58. The van der Waals surface area contributed by atoms with Crippen LogP contribution in [0.5, 0.6) is 0 Å². The Balaban J connectivity index is 2.20. The van der Waals surface area contributed by atoms with Crippen LogP contribution < -0.4 is 5.32 Å². The predicted molar refractivity (Wildman–Crippen MR) is 78.2 cm³/mol. The summed E-state index contributed by atoms with van der Waals surface area (Å²) in [6.45, 7) is 5.24. The lowest BCUT2D eigenvalue weighted by Crippen LogP contribution is -2.58. The minimum Gasteiger partial charge on any atom is -0.479 e. The van der Waals surface area contributed by atoms with Gasteiger partial charge in [-0.05, 0) is 44.7 Å². The highest BCUT2D eigenvalue weighted by Gasteiger charge is 2.43. The molecule has 0 saturated heterocycles. The van der Waals surface area contributed by atoms with E-state index in [1.165, 1.54) is 0 Å². The number of aliphatic carboxylic acids is 1. The highest BCUT2D eigenvalue weighted by molar-refractivity contribution is 5.85. The van der Waals surface area contributed by atoms with Gasteiger partial charge in [0.2, 0.25) is 0 Å². The topological polar surface area (TPSA) is 75.6 Å². The van der Waals surface area contributed by atoms with E-state index < -0.39 is 23.2 Å².